The predicted molar refractivity (Wildman–Crippen MR) is 67.1 cm³/mol. The van der Waals surface area contributed by atoms with Gasteiger partial charge in [-0.2, -0.15) is 0 Å². The number of hydrogen-bond acceptors (Lipinski definition) is 3. The van der Waals surface area contributed by atoms with Crippen LogP contribution in [0.1, 0.15) is 39.0 Å². The highest BCUT2D eigenvalue weighted by atomic mass is 16.4. The van der Waals surface area contributed by atoms with Gasteiger partial charge in [0.15, 0.2) is 0 Å². The summed E-state index contributed by atoms with van der Waals surface area (Å²) < 4.78 is 0. The fourth-order valence-electron chi connectivity index (χ4n) is 2.61. The van der Waals surface area contributed by atoms with E-state index in [1.807, 2.05) is 0 Å². The highest BCUT2D eigenvalue weighted by Crippen LogP contribution is 2.38. The first-order valence-corrected chi connectivity index (χ1v) is 6.76. The number of carboxylic acids is 1. The molecule has 5 heteroatoms. The van der Waals surface area contributed by atoms with Gasteiger partial charge in [0, 0.05) is 6.04 Å². The molecule has 0 radical (unpaired) electrons. The Morgan fingerprint density at radius 1 is 1.33 bits per heavy atom. The van der Waals surface area contributed by atoms with Crippen molar-refractivity contribution in [2.45, 2.75) is 45.1 Å². The molecule has 0 aromatic rings. The van der Waals surface area contributed by atoms with Gasteiger partial charge in [0.2, 0.25) is 5.91 Å². The fraction of sp³-hybridized carbons (Fsp3) is 0.846. The number of carbonyl (C=O) groups excluding carboxylic acids is 1. The lowest BCUT2D eigenvalue weighted by atomic mass is 9.85. The molecule has 1 amide bonds. The molecule has 2 aliphatic carbocycles. The lowest BCUT2D eigenvalue weighted by molar-refractivity contribution is -0.149. The zero-order valence-electron chi connectivity index (χ0n) is 10.9. The van der Waals surface area contributed by atoms with Crippen molar-refractivity contribution >= 4 is 11.9 Å². The van der Waals surface area contributed by atoms with E-state index in [9.17, 15) is 14.7 Å². The zero-order valence-corrected chi connectivity index (χ0v) is 10.9. The molecule has 0 heterocycles. The average molecular weight is 254 g/mol. The summed E-state index contributed by atoms with van der Waals surface area (Å²) >= 11 is 0. The van der Waals surface area contributed by atoms with Crippen molar-refractivity contribution in [1.82, 2.24) is 10.6 Å². The monoisotopic (exact) mass is 254 g/mol. The van der Waals surface area contributed by atoms with Gasteiger partial charge in [-0.1, -0.05) is 6.42 Å². The van der Waals surface area contributed by atoms with Gasteiger partial charge in [-0.05, 0) is 45.1 Å². The Bertz CT molecular complexity index is 341. The Morgan fingerprint density at radius 2 is 2.06 bits per heavy atom. The minimum Gasteiger partial charge on any atom is -0.481 e. The van der Waals surface area contributed by atoms with Crippen LogP contribution in [0, 0.1) is 11.3 Å². The molecule has 0 aromatic heterocycles. The summed E-state index contributed by atoms with van der Waals surface area (Å²) in [6, 6.07) is -0.231. The van der Waals surface area contributed by atoms with Crippen LogP contribution in [0.25, 0.3) is 0 Å². The Labute approximate surface area is 107 Å². The number of carboxylic acid groups (broad SMARTS) is 1. The Kier molecular flexibility index (Phi) is 3.90. The topological polar surface area (TPSA) is 78.4 Å². The van der Waals surface area contributed by atoms with Crippen LogP contribution in [0.15, 0.2) is 0 Å². The summed E-state index contributed by atoms with van der Waals surface area (Å²) in [5.74, 6) is -0.153. The lowest BCUT2D eigenvalue weighted by Gasteiger charge is -2.27. The summed E-state index contributed by atoms with van der Waals surface area (Å²) in [6.07, 6.45) is 4.78. The second-order valence-corrected chi connectivity index (χ2v) is 5.81. The van der Waals surface area contributed by atoms with Crippen LogP contribution in [0.2, 0.25) is 0 Å². The minimum absolute atomic E-state index is 0.0879. The number of aliphatic carboxylic acids is 1. The molecule has 2 fully saturated rings. The molecule has 5 nitrogen and oxygen atoms in total. The Morgan fingerprint density at radius 3 is 2.67 bits per heavy atom. The van der Waals surface area contributed by atoms with Crippen LogP contribution < -0.4 is 10.6 Å². The van der Waals surface area contributed by atoms with Crippen molar-refractivity contribution in [1.29, 1.82) is 0 Å². The van der Waals surface area contributed by atoms with E-state index in [1.54, 1.807) is 6.92 Å². The molecule has 0 bridgehead atoms. The summed E-state index contributed by atoms with van der Waals surface area (Å²) in [6.45, 7) is 2.92. The predicted octanol–water partition coefficient (Wildman–Crippen LogP) is 0.746. The minimum atomic E-state index is -0.809. The SMILES string of the molecule is CC1(C(=O)O)CCCC1NC(=O)CNCC1CC1. The molecule has 2 aliphatic rings. The van der Waals surface area contributed by atoms with Crippen molar-refractivity contribution in [2.24, 2.45) is 11.3 Å². The molecule has 0 saturated heterocycles. The fourth-order valence-corrected chi connectivity index (χ4v) is 2.61. The van der Waals surface area contributed by atoms with Crippen molar-refractivity contribution in [3.05, 3.63) is 0 Å². The number of rotatable bonds is 6. The van der Waals surface area contributed by atoms with E-state index < -0.39 is 11.4 Å². The van der Waals surface area contributed by atoms with E-state index >= 15 is 0 Å². The van der Waals surface area contributed by atoms with E-state index in [4.69, 9.17) is 0 Å². The lowest BCUT2D eigenvalue weighted by Crippen LogP contribution is -2.49. The van der Waals surface area contributed by atoms with Gasteiger partial charge < -0.3 is 15.7 Å². The molecular weight excluding hydrogens is 232 g/mol. The Balaban J connectivity index is 1.76. The number of carbonyl (C=O) groups is 2. The summed E-state index contributed by atoms with van der Waals surface area (Å²) in [7, 11) is 0. The van der Waals surface area contributed by atoms with Crippen LogP contribution in [0.3, 0.4) is 0 Å². The van der Waals surface area contributed by atoms with Gasteiger partial charge in [-0.3, -0.25) is 9.59 Å². The van der Waals surface area contributed by atoms with Gasteiger partial charge in [0.25, 0.3) is 0 Å². The van der Waals surface area contributed by atoms with Crippen molar-refractivity contribution in [3.8, 4) is 0 Å². The number of amides is 1. The Hall–Kier alpha value is -1.10. The van der Waals surface area contributed by atoms with Crippen LogP contribution in [-0.4, -0.2) is 36.1 Å². The van der Waals surface area contributed by atoms with Gasteiger partial charge >= 0.3 is 5.97 Å². The van der Waals surface area contributed by atoms with E-state index in [1.165, 1.54) is 12.8 Å². The molecule has 3 N–H and O–H groups in total. The molecule has 0 aromatic carbocycles. The van der Waals surface area contributed by atoms with Crippen LogP contribution in [-0.2, 0) is 9.59 Å². The van der Waals surface area contributed by atoms with Crippen LogP contribution in [0.5, 0.6) is 0 Å². The maximum absolute atomic E-state index is 11.7. The molecule has 0 spiro atoms. The first-order valence-electron chi connectivity index (χ1n) is 6.76. The van der Waals surface area contributed by atoms with Crippen molar-refractivity contribution < 1.29 is 14.7 Å². The second-order valence-electron chi connectivity index (χ2n) is 5.81. The molecule has 2 unspecified atom stereocenters. The van der Waals surface area contributed by atoms with Gasteiger partial charge in [0.1, 0.15) is 0 Å². The molecule has 18 heavy (non-hydrogen) atoms. The first-order chi connectivity index (χ1) is 8.52. The third kappa shape index (κ3) is 3.02. The highest BCUT2D eigenvalue weighted by Gasteiger charge is 2.45. The molecule has 2 rings (SSSR count). The van der Waals surface area contributed by atoms with E-state index in [0.717, 1.165) is 25.3 Å². The standard InChI is InChI=1S/C13H22N2O3/c1-13(12(17)18)6-2-3-10(13)15-11(16)8-14-7-9-4-5-9/h9-10,14H,2-8H2,1H3,(H,15,16)(H,17,18). The van der Waals surface area contributed by atoms with Crippen LogP contribution in [0.4, 0.5) is 0 Å². The normalized spacial score (nSPS) is 31.3. The van der Waals surface area contributed by atoms with E-state index in [0.29, 0.717) is 13.0 Å². The molecular formula is C13H22N2O3. The second kappa shape index (κ2) is 5.26. The largest absolute Gasteiger partial charge is 0.481 e. The number of nitrogens with one attached hydrogen (secondary N) is 2. The van der Waals surface area contributed by atoms with Gasteiger partial charge in [0.05, 0.1) is 12.0 Å². The highest BCUT2D eigenvalue weighted by molar-refractivity contribution is 5.81. The summed E-state index contributed by atoms with van der Waals surface area (Å²) in [5.41, 5.74) is -0.799. The maximum Gasteiger partial charge on any atom is 0.311 e. The average Bonchev–Trinajstić information content (AvgIpc) is 3.04. The zero-order chi connectivity index (χ0) is 13.2. The molecule has 2 atom stereocenters. The molecule has 2 saturated carbocycles. The number of hydrogen-bond donors (Lipinski definition) is 3. The van der Waals surface area contributed by atoms with E-state index in [-0.39, 0.29) is 11.9 Å². The van der Waals surface area contributed by atoms with Crippen molar-refractivity contribution in [2.75, 3.05) is 13.1 Å². The third-order valence-corrected chi connectivity index (χ3v) is 4.20. The molecule has 102 valence electrons. The quantitative estimate of drug-likeness (QED) is 0.653. The van der Waals surface area contributed by atoms with Gasteiger partial charge in [-0.15, -0.1) is 0 Å². The smallest absolute Gasteiger partial charge is 0.311 e. The van der Waals surface area contributed by atoms with Crippen molar-refractivity contribution in [3.63, 3.8) is 0 Å². The van der Waals surface area contributed by atoms with Crippen LogP contribution >= 0.6 is 0 Å². The third-order valence-electron chi connectivity index (χ3n) is 4.20. The maximum atomic E-state index is 11.7. The van der Waals surface area contributed by atoms with Gasteiger partial charge in [-0.25, -0.2) is 0 Å². The first kappa shape index (κ1) is 13.3. The molecule has 0 aliphatic heterocycles. The van der Waals surface area contributed by atoms with E-state index in [2.05, 4.69) is 10.6 Å². The summed E-state index contributed by atoms with van der Waals surface area (Å²) in [4.78, 5) is 23.0. The summed E-state index contributed by atoms with van der Waals surface area (Å²) in [5, 5.41) is 15.2.